The summed E-state index contributed by atoms with van der Waals surface area (Å²) in [6, 6.07) is 5.83. The number of amides is 1. The summed E-state index contributed by atoms with van der Waals surface area (Å²) in [6.07, 6.45) is 0.640. The SMILES string of the molecule is CCOC(=O)C(C(N)=O)=C(O)C(=O)C=C(O)c1ccc(Cl)cc1. The van der Waals surface area contributed by atoms with Crippen molar-refractivity contribution < 1.29 is 29.3 Å². The summed E-state index contributed by atoms with van der Waals surface area (Å²) in [5.41, 5.74) is 4.21. The van der Waals surface area contributed by atoms with Gasteiger partial charge in [-0.25, -0.2) is 4.79 Å². The van der Waals surface area contributed by atoms with E-state index < -0.39 is 34.8 Å². The summed E-state index contributed by atoms with van der Waals surface area (Å²) in [4.78, 5) is 34.6. The van der Waals surface area contributed by atoms with Gasteiger partial charge >= 0.3 is 5.97 Å². The van der Waals surface area contributed by atoms with Gasteiger partial charge in [-0.3, -0.25) is 9.59 Å². The third-order valence-corrected chi connectivity index (χ3v) is 2.86. The van der Waals surface area contributed by atoms with Crippen LogP contribution in [-0.2, 0) is 19.1 Å². The smallest absolute Gasteiger partial charge is 0.347 e. The van der Waals surface area contributed by atoms with E-state index in [-0.39, 0.29) is 12.2 Å². The molecule has 0 heterocycles. The van der Waals surface area contributed by atoms with Crippen LogP contribution in [0.5, 0.6) is 0 Å². The molecule has 0 aliphatic rings. The number of aliphatic hydroxyl groups excluding tert-OH is 2. The predicted octanol–water partition coefficient (Wildman–Crippen LogP) is 1.67. The van der Waals surface area contributed by atoms with Crippen molar-refractivity contribution in [1.29, 1.82) is 0 Å². The van der Waals surface area contributed by atoms with Gasteiger partial charge in [0.1, 0.15) is 5.76 Å². The molecule has 0 aliphatic carbocycles. The third kappa shape index (κ3) is 4.86. The van der Waals surface area contributed by atoms with Crippen molar-refractivity contribution in [3.05, 3.63) is 52.3 Å². The molecule has 8 heteroatoms. The van der Waals surface area contributed by atoms with E-state index in [4.69, 9.17) is 17.3 Å². The summed E-state index contributed by atoms with van der Waals surface area (Å²) >= 11 is 5.70. The van der Waals surface area contributed by atoms with Crippen molar-refractivity contribution in [3.8, 4) is 0 Å². The van der Waals surface area contributed by atoms with Crippen LogP contribution in [0.4, 0.5) is 0 Å². The van der Waals surface area contributed by atoms with E-state index in [1.807, 2.05) is 0 Å². The maximum atomic E-state index is 11.9. The Morgan fingerprint density at radius 3 is 2.26 bits per heavy atom. The number of hydrogen-bond acceptors (Lipinski definition) is 6. The summed E-state index contributed by atoms with van der Waals surface area (Å²) in [7, 11) is 0. The van der Waals surface area contributed by atoms with Crippen LogP contribution in [0, 0.1) is 0 Å². The summed E-state index contributed by atoms with van der Waals surface area (Å²) < 4.78 is 4.53. The average molecular weight is 340 g/mol. The topological polar surface area (TPSA) is 127 Å². The first-order valence-electron chi connectivity index (χ1n) is 6.39. The minimum Gasteiger partial charge on any atom is -0.507 e. The van der Waals surface area contributed by atoms with E-state index in [1.54, 1.807) is 0 Å². The quantitative estimate of drug-likeness (QED) is 0.238. The van der Waals surface area contributed by atoms with Gasteiger partial charge < -0.3 is 20.7 Å². The van der Waals surface area contributed by atoms with Crippen LogP contribution in [0.25, 0.3) is 5.76 Å². The number of aliphatic hydroxyl groups is 2. The van der Waals surface area contributed by atoms with Crippen LogP contribution < -0.4 is 5.73 Å². The average Bonchev–Trinajstić information content (AvgIpc) is 2.47. The molecule has 0 spiro atoms. The first kappa shape index (κ1) is 18.2. The van der Waals surface area contributed by atoms with Gasteiger partial charge in [0, 0.05) is 16.7 Å². The second kappa shape index (κ2) is 8.00. The van der Waals surface area contributed by atoms with Crippen molar-refractivity contribution in [2.45, 2.75) is 6.92 Å². The van der Waals surface area contributed by atoms with Crippen LogP contribution in [0.15, 0.2) is 41.7 Å². The molecule has 1 aromatic carbocycles. The van der Waals surface area contributed by atoms with Crippen LogP contribution in [0.3, 0.4) is 0 Å². The highest BCUT2D eigenvalue weighted by Gasteiger charge is 2.26. The number of primary amides is 1. The predicted molar refractivity (Wildman–Crippen MR) is 82.5 cm³/mol. The van der Waals surface area contributed by atoms with E-state index in [1.165, 1.54) is 31.2 Å². The van der Waals surface area contributed by atoms with E-state index in [2.05, 4.69) is 4.74 Å². The van der Waals surface area contributed by atoms with Crippen LogP contribution >= 0.6 is 11.6 Å². The molecule has 0 atom stereocenters. The highest BCUT2D eigenvalue weighted by Crippen LogP contribution is 2.16. The number of halogens is 1. The van der Waals surface area contributed by atoms with E-state index in [0.717, 1.165) is 0 Å². The molecule has 0 radical (unpaired) electrons. The molecule has 1 aromatic rings. The molecule has 23 heavy (non-hydrogen) atoms. The Kier molecular flexibility index (Phi) is 6.35. The molecule has 0 aromatic heterocycles. The summed E-state index contributed by atoms with van der Waals surface area (Å²) in [5, 5.41) is 20.0. The van der Waals surface area contributed by atoms with E-state index in [9.17, 15) is 24.6 Å². The van der Waals surface area contributed by atoms with Gasteiger partial charge in [-0.05, 0) is 31.2 Å². The van der Waals surface area contributed by atoms with Crippen molar-refractivity contribution >= 4 is 35.0 Å². The number of esters is 1. The molecule has 4 N–H and O–H groups in total. The Bertz CT molecular complexity index is 690. The molecule has 0 saturated carbocycles. The Morgan fingerprint density at radius 2 is 1.78 bits per heavy atom. The lowest BCUT2D eigenvalue weighted by Gasteiger charge is -2.05. The lowest BCUT2D eigenvalue weighted by Crippen LogP contribution is -2.26. The van der Waals surface area contributed by atoms with Crippen molar-refractivity contribution in [2.75, 3.05) is 6.61 Å². The maximum absolute atomic E-state index is 11.9. The fourth-order valence-corrected chi connectivity index (χ4v) is 1.66. The Balaban J connectivity index is 3.16. The first-order chi connectivity index (χ1) is 10.8. The molecule has 122 valence electrons. The second-order valence-corrected chi connectivity index (χ2v) is 4.65. The van der Waals surface area contributed by atoms with Crippen LogP contribution in [0.2, 0.25) is 5.02 Å². The molecular weight excluding hydrogens is 326 g/mol. The maximum Gasteiger partial charge on any atom is 0.347 e. The molecule has 1 rings (SSSR count). The van der Waals surface area contributed by atoms with Crippen molar-refractivity contribution in [1.82, 2.24) is 0 Å². The van der Waals surface area contributed by atoms with Gasteiger partial charge in [-0.1, -0.05) is 11.6 Å². The van der Waals surface area contributed by atoms with Gasteiger partial charge in [-0.15, -0.1) is 0 Å². The molecule has 0 unspecified atom stereocenters. The highest BCUT2D eigenvalue weighted by molar-refractivity contribution is 6.30. The number of allylic oxidation sites excluding steroid dienone is 1. The van der Waals surface area contributed by atoms with E-state index in [0.29, 0.717) is 11.1 Å². The molecule has 0 bridgehead atoms. The highest BCUT2D eigenvalue weighted by atomic mass is 35.5. The van der Waals surface area contributed by atoms with Crippen LogP contribution in [-0.4, -0.2) is 34.5 Å². The van der Waals surface area contributed by atoms with E-state index >= 15 is 0 Å². The van der Waals surface area contributed by atoms with Crippen LogP contribution in [0.1, 0.15) is 12.5 Å². The number of benzene rings is 1. The largest absolute Gasteiger partial charge is 0.507 e. The lowest BCUT2D eigenvalue weighted by molar-refractivity contribution is -0.140. The fourth-order valence-electron chi connectivity index (χ4n) is 1.54. The number of carbonyl (C=O) groups excluding carboxylic acids is 3. The molecule has 0 saturated heterocycles. The standard InChI is InChI=1S/C15H14ClNO6/c1-2-23-15(22)12(14(17)21)13(20)11(19)7-10(18)8-3-5-9(16)6-4-8/h3-7,18,20H,2H2,1H3,(H2,17,21). The molecule has 1 amide bonds. The molecule has 0 fully saturated rings. The number of carbonyl (C=O) groups is 3. The third-order valence-electron chi connectivity index (χ3n) is 2.60. The normalized spacial score (nSPS) is 12.3. The number of rotatable bonds is 6. The Labute approximate surface area is 136 Å². The number of nitrogens with two attached hydrogens (primary N) is 1. The molecular formula is C15H14ClNO6. The minimum atomic E-state index is -1.33. The summed E-state index contributed by atoms with van der Waals surface area (Å²) in [6.45, 7) is 1.39. The number of ether oxygens (including phenoxy) is 1. The fraction of sp³-hybridized carbons (Fsp3) is 0.133. The van der Waals surface area contributed by atoms with Gasteiger partial charge in [-0.2, -0.15) is 0 Å². The second-order valence-electron chi connectivity index (χ2n) is 4.21. The lowest BCUT2D eigenvalue weighted by atomic mass is 10.1. The first-order valence-corrected chi connectivity index (χ1v) is 6.76. The van der Waals surface area contributed by atoms with Gasteiger partial charge in [0.2, 0.25) is 5.78 Å². The molecule has 7 nitrogen and oxygen atoms in total. The van der Waals surface area contributed by atoms with Crippen molar-refractivity contribution in [2.24, 2.45) is 5.73 Å². The van der Waals surface area contributed by atoms with Gasteiger partial charge in [0.05, 0.1) is 6.61 Å². The zero-order valence-electron chi connectivity index (χ0n) is 12.1. The number of hydrogen-bond donors (Lipinski definition) is 3. The zero-order valence-corrected chi connectivity index (χ0v) is 12.8. The van der Waals surface area contributed by atoms with Gasteiger partial charge in [0.15, 0.2) is 11.3 Å². The minimum absolute atomic E-state index is 0.0804. The molecule has 0 aliphatic heterocycles. The zero-order chi connectivity index (χ0) is 17.6. The Morgan fingerprint density at radius 1 is 1.22 bits per heavy atom. The van der Waals surface area contributed by atoms with Crippen molar-refractivity contribution in [3.63, 3.8) is 0 Å². The monoisotopic (exact) mass is 339 g/mol. The summed E-state index contributed by atoms with van der Waals surface area (Å²) in [5.74, 6) is -5.44. The number of ketones is 1. The van der Waals surface area contributed by atoms with Gasteiger partial charge in [0.25, 0.3) is 5.91 Å². The Hall–Kier alpha value is -2.80.